The molecule has 0 aromatic heterocycles. The highest BCUT2D eigenvalue weighted by Crippen LogP contribution is 2.68. The first kappa shape index (κ1) is 36.0. The molecule has 258 valence electrons. The molecular formula is C37H46BrN3O6S. The normalized spacial score (nSPS) is 26.3. The molecule has 0 saturated carbocycles. The third-order valence-corrected chi connectivity index (χ3v) is 12.8. The zero-order valence-corrected chi connectivity index (χ0v) is 30.5. The molecule has 7 atom stereocenters. The molecule has 3 amide bonds. The Kier molecular flexibility index (Phi) is 11.3. The molecule has 1 spiro atoms. The predicted octanol–water partition coefficient (Wildman–Crippen LogP) is 5.70. The second-order valence-corrected chi connectivity index (χ2v) is 15.7. The van der Waals surface area contributed by atoms with Crippen LogP contribution in [0.25, 0.3) is 0 Å². The van der Waals surface area contributed by atoms with Crippen molar-refractivity contribution in [3.63, 3.8) is 0 Å². The molecule has 2 bridgehead atoms. The number of amides is 3. The van der Waals surface area contributed by atoms with E-state index in [0.717, 1.165) is 0 Å². The molecule has 3 aliphatic heterocycles. The summed E-state index contributed by atoms with van der Waals surface area (Å²) >= 11 is 5.47. The number of halogens is 1. The lowest BCUT2D eigenvalue weighted by atomic mass is 9.70. The second-order valence-electron chi connectivity index (χ2n) is 13.0. The SMILES string of the molecule is C=CCN(C(=O)C1N([C@@H](CO)CC(C)C)C(=O)[C@@H]2[C@H](C(=O)N(CC=C)c3ccc(OCC)cc3)[C@H]3SC12CC3Br)c1ccc(OC)cc1. The van der Waals surface area contributed by atoms with Crippen LogP contribution in [0.3, 0.4) is 0 Å². The number of hydrogen-bond acceptors (Lipinski definition) is 7. The zero-order chi connectivity index (χ0) is 34.7. The summed E-state index contributed by atoms with van der Waals surface area (Å²) in [5.74, 6) is -0.623. The predicted molar refractivity (Wildman–Crippen MR) is 195 cm³/mol. The standard InChI is InChI=1S/C37H46BrN3O6S/c1-7-18-39(24-12-16-28(17-13-24)47-9-3)34(43)30-31-35(44)41(26(22-42)20-23(4)5)33(37(31)21-29(38)32(30)48-37)36(45)40(19-8-2)25-10-14-27(46-6)15-11-25/h7-8,10-17,23,26,29-33,42H,1-2,9,18-22H2,3-6H3/t26-,29?,30+,31+,32+,33?,37?/m1/s1. The number of alkyl halides is 1. The highest BCUT2D eigenvalue weighted by molar-refractivity contribution is 9.09. The first-order valence-electron chi connectivity index (χ1n) is 16.5. The Morgan fingerprint density at radius 1 is 1.04 bits per heavy atom. The van der Waals surface area contributed by atoms with Gasteiger partial charge in [-0.3, -0.25) is 14.4 Å². The van der Waals surface area contributed by atoms with Gasteiger partial charge in [0, 0.05) is 34.5 Å². The second kappa shape index (κ2) is 15.1. The Morgan fingerprint density at radius 3 is 2.10 bits per heavy atom. The Balaban J connectivity index is 1.60. The van der Waals surface area contributed by atoms with Gasteiger partial charge in [-0.2, -0.15) is 0 Å². The number of ether oxygens (including phenoxy) is 2. The number of likely N-dealkylation sites (tertiary alicyclic amines) is 1. The van der Waals surface area contributed by atoms with Crippen LogP contribution in [-0.2, 0) is 14.4 Å². The van der Waals surface area contributed by atoms with E-state index in [1.54, 1.807) is 57.9 Å². The van der Waals surface area contributed by atoms with Crippen LogP contribution in [-0.4, -0.2) is 88.0 Å². The van der Waals surface area contributed by atoms with E-state index < -0.39 is 28.7 Å². The van der Waals surface area contributed by atoms with Gasteiger partial charge < -0.3 is 29.3 Å². The number of benzene rings is 2. The lowest BCUT2D eigenvalue weighted by molar-refractivity contribution is -0.142. The molecule has 1 N–H and O–H groups in total. The Labute approximate surface area is 296 Å². The Hall–Kier alpha value is -3.28. The van der Waals surface area contributed by atoms with Gasteiger partial charge in [0.15, 0.2) is 0 Å². The van der Waals surface area contributed by atoms with Gasteiger partial charge in [-0.1, -0.05) is 41.9 Å². The molecule has 3 heterocycles. The van der Waals surface area contributed by atoms with Crippen LogP contribution in [0.4, 0.5) is 11.4 Å². The maximum Gasteiger partial charge on any atom is 0.251 e. The number of thioether (sulfide) groups is 1. The monoisotopic (exact) mass is 739 g/mol. The van der Waals surface area contributed by atoms with Crippen molar-refractivity contribution >= 4 is 56.8 Å². The van der Waals surface area contributed by atoms with Gasteiger partial charge in [-0.05, 0) is 74.2 Å². The molecule has 3 aliphatic rings. The van der Waals surface area contributed by atoms with E-state index in [9.17, 15) is 14.7 Å². The third kappa shape index (κ3) is 6.41. The quantitative estimate of drug-likeness (QED) is 0.185. The summed E-state index contributed by atoms with van der Waals surface area (Å²) in [7, 11) is 1.58. The van der Waals surface area contributed by atoms with Crippen molar-refractivity contribution in [1.29, 1.82) is 0 Å². The number of carbonyl (C=O) groups is 3. The average molecular weight is 741 g/mol. The highest BCUT2D eigenvalue weighted by atomic mass is 79.9. The molecule has 5 rings (SSSR count). The maximum absolute atomic E-state index is 15.0. The first-order valence-corrected chi connectivity index (χ1v) is 18.3. The Bertz CT molecular complexity index is 1500. The number of nitrogens with zero attached hydrogens (tertiary/aromatic N) is 3. The molecule has 3 unspecified atom stereocenters. The van der Waals surface area contributed by atoms with Gasteiger partial charge in [0.1, 0.15) is 17.5 Å². The van der Waals surface area contributed by atoms with Crippen LogP contribution < -0.4 is 19.3 Å². The van der Waals surface area contributed by atoms with Gasteiger partial charge in [-0.15, -0.1) is 24.9 Å². The largest absolute Gasteiger partial charge is 0.497 e. The molecule has 0 aliphatic carbocycles. The molecule has 11 heteroatoms. The van der Waals surface area contributed by atoms with Crippen LogP contribution in [0.15, 0.2) is 73.8 Å². The fourth-order valence-corrected chi connectivity index (χ4v) is 11.3. The van der Waals surface area contributed by atoms with E-state index in [0.29, 0.717) is 42.3 Å². The molecule has 2 aromatic rings. The van der Waals surface area contributed by atoms with Crippen molar-refractivity contribution in [3.05, 3.63) is 73.8 Å². The van der Waals surface area contributed by atoms with Crippen molar-refractivity contribution in [2.75, 3.05) is 43.2 Å². The fraction of sp³-hybridized carbons (Fsp3) is 0.486. The number of fused-ring (bicyclic) bond motifs is 1. The molecule has 0 radical (unpaired) electrons. The minimum absolute atomic E-state index is 0.104. The molecule has 2 aromatic carbocycles. The van der Waals surface area contributed by atoms with Crippen molar-refractivity contribution < 1.29 is 29.0 Å². The number of anilines is 2. The van der Waals surface area contributed by atoms with Crippen LogP contribution in [0.2, 0.25) is 0 Å². The fourth-order valence-electron chi connectivity index (χ4n) is 7.72. The average Bonchev–Trinajstić information content (AvgIpc) is 3.68. The first-order chi connectivity index (χ1) is 23.1. The number of hydrogen-bond donors (Lipinski definition) is 1. The highest BCUT2D eigenvalue weighted by Gasteiger charge is 2.76. The molecule has 48 heavy (non-hydrogen) atoms. The van der Waals surface area contributed by atoms with E-state index in [1.807, 2.05) is 57.2 Å². The van der Waals surface area contributed by atoms with E-state index in [-0.39, 0.29) is 53.4 Å². The molecule has 9 nitrogen and oxygen atoms in total. The van der Waals surface area contributed by atoms with E-state index in [2.05, 4.69) is 29.1 Å². The van der Waals surface area contributed by atoms with Crippen LogP contribution in [0, 0.1) is 17.8 Å². The molecule has 3 fully saturated rings. The van der Waals surface area contributed by atoms with E-state index in [1.165, 1.54) is 0 Å². The van der Waals surface area contributed by atoms with Crippen molar-refractivity contribution in [3.8, 4) is 11.5 Å². The molecular weight excluding hydrogens is 694 g/mol. The van der Waals surface area contributed by atoms with Gasteiger partial charge >= 0.3 is 0 Å². The minimum Gasteiger partial charge on any atom is -0.497 e. The third-order valence-electron chi connectivity index (χ3n) is 9.59. The Morgan fingerprint density at radius 2 is 1.60 bits per heavy atom. The summed E-state index contributed by atoms with van der Waals surface area (Å²) in [5, 5.41) is 10.5. The number of carbonyl (C=O) groups excluding carboxylic acids is 3. The van der Waals surface area contributed by atoms with Gasteiger partial charge in [0.05, 0.1) is 42.9 Å². The number of aliphatic hydroxyl groups excluding tert-OH is 1. The minimum atomic E-state index is -0.904. The number of rotatable bonds is 15. The van der Waals surface area contributed by atoms with Crippen molar-refractivity contribution in [1.82, 2.24) is 4.90 Å². The summed E-state index contributed by atoms with van der Waals surface area (Å²) in [5.41, 5.74) is 1.32. The van der Waals surface area contributed by atoms with Crippen LogP contribution >= 0.6 is 27.7 Å². The van der Waals surface area contributed by atoms with Gasteiger partial charge in [0.25, 0.3) is 5.91 Å². The lowest BCUT2D eigenvalue weighted by Gasteiger charge is -2.40. The van der Waals surface area contributed by atoms with Crippen LogP contribution in [0.1, 0.15) is 33.6 Å². The summed E-state index contributed by atoms with van der Waals surface area (Å²) in [6, 6.07) is 13.1. The summed E-state index contributed by atoms with van der Waals surface area (Å²) in [4.78, 5) is 49.5. The summed E-state index contributed by atoms with van der Waals surface area (Å²) in [6.45, 7) is 14.5. The summed E-state index contributed by atoms with van der Waals surface area (Å²) in [6.07, 6.45) is 4.39. The van der Waals surface area contributed by atoms with E-state index in [4.69, 9.17) is 9.47 Å². The number of aliphatic hydroxyl groups is 1. The lowest BCUT2D eigenvalue weighted by Crippen LogP contribution is -2.58. The van der Waals surface area contributed by atoms with Crippen LogP contribution in [0.5, 0.6) is 11.5 Å². The zero-order valence-electron chi connectivity index (χ0n) is 28.1. The van der Waals surface area contributed by atoms with Gasteiger partial charge in [0.2, 0.25) is 11.8 Å². The summed E-state index contributed by atoms with van der Waals surface area (Å²) < 4.78 is 10.1. The van der Waals surface area contributed by atoms with Crippen molar-refractivity contribution in [2.45, 2.75) is 60.5 Å². The number of methoxy groups -OCH3 is 1. The van der Waals surface area contributed by atoms with E-state index >= 15 is 4.79 Å². The topological polar surface area (TPSA) is 99.6 Å². The molecule has 3 saturated heterocycles. The smallest absolute Gasteiger partial charge is 0.251 e. The van der Waals surface area contributed by atoms with Crippen molar-refractivity contribution in [2.24, 2.45) is 17.8 Å². The van der Waals surface area contributed by atoms with Gasteiger partial charge in [-0.25, -0.2) is 0 Å². The maximum atomic E-state index is 15.0.